The zero-order valence-electron chi connectivity index (χ0n) is 16.3. The molecular weight excluding hydrogens is 492 g/mol. The van der Waals surface area contributed by atoms with Gasteiger partial charge < -0.3 is 19.4 Å². The number of nitrogens with one attached hydrogen (secondary N) is 1. The molecule has 32 heavy (non-hydrogen) atoms. The summed E-state index contributed by atoms with van der Waals surface area (Å²) >= 11 is 13.1. The second kappa shape index (κ2) is 10.3. The van der Waals surface area contributed by atoms with Gasteiger partial charge in [-0.15, -0.1) is 23.4 Å². The first-order valence-corrected chi connectivity index (χ1v) is 10.6. The number of rotatable bonds is 8. The summed E-state index contributed by atoms with van der Waals surface area (Å²) in [5.74, 6) is 0.224. The van der Waals surface area contributed by atoms with Crippen molar-refractivity contribution in [3.8, 4) is 11.5 Å². The van der Waals surface area contributed by atoms with E-state index < -0.39 is 6.36 Å². The SMILES string of the molecule is Cn1c(COc2ccc(Cl)cc2Cl)nnc1SCC(=O)Nc1ccc(OC(F)(F)F)cc1. The average Bonchev–Trinajstić information content (AvgIpc) is 3.06. The van der Waals surface area contributed by atoms with E-state index in [-0.39, 0.29) is 24.0 Å². The summed E-state index contributed by atoms with van der Waals surface area (Å²) in [5, 5.41) is 12.0. The lowest BCUT2D eigenvalue weighted by Gasteiger charge is -2.10. The summed E-state index contributed by atoms with van der Waals surface area (Å²) in [6, 6.07) is 9.69. The Balaban J connectivity index is 1.50. The van der Waals surface area contributed by atoms with E-state index >= 15 is 0 Å². The predicted octanol–water partition coefficient (Wildman–Crippen LogP) is 5.33. The highest BCUT2D eigenvalue weighted by Crippen LogP contribution is 2.28. The second-order valence-electron chi connectivity index (χ2n) is 6.23. The van der Waals surface area contributed by atoms with Gasteiger partial charge in [-0.3, -0.25) is 4.79 Å². The lowest BCUT2D eigenvalue weighted by Crippen LogP contribution is -2.17. The standard InChI is InChI=1S/C19H15Cl2F3N4O3S/c1-28-16(9-30-15-7-2-11(20)8-14(15)21)26-27-18(28)32-10-17(29)25-12-3-5-13(6-4-12)31-19(22,23)24/h2-8H,9-10H2,1H3,(H,25,29). The van der Waals surface area contributed by atoms with Crippen molar-refractivity contribution in [2.45, 2.75) is 18.1 Å². The molecule has 1 aromatic heterocycles. The number of carbonyl (C=O) groups excluding carboxylic acids is 1. The fraction of sp³-hybridized carbons (Fsp3) is 0.211. The van der Waals surface area contributed by atoms with Crippen LogP contribution < -0.4 is 14.8 Å². The maximum atomic E-state index is 12.2. The zero-order chi connectivity index (χ0) is 23.3. The van der Waals surface area contributed by atoms with Crippen molar-refractivity contribution in [3.05, 3.63) is 58.3 Å². The Morgan fingerprint density at radius 1 is 1.16 bits per heavy atom. The van der Waals surface area contributed by atoms with Crippen molar-refractivity contribution >= 4 is 46.6 Å². The number of anilines is 1. The number of aromatic nitrogens is 3. The van der Waals surface area contributed by atoms with Gasteiger partial charge in [0.1, 0.15) is 18.1 Å². The molecule has 3 aromatic rings. The molecule has 170 valence electrons. The van der Waals surface area contributed by atoms with Gasteiger partial charge in [0.15, 0.2) is 11.0 Å². The molecule has 0 aliphatic carbocycles. The van der Waals surface area contributed by atoms with Crippen LogP contribution in [0.1, 0.15) is 5.82 Å². The quantitative estimate of drug-likeness (QED) is 0.416. The minimum Gasteiger partial charge on any atom is -0.484 e. The first kappa shape index (κ1) is 24.0. The molecule has 2 aromatic carbocycles. The van der Waals surface area contributed by atoms with Crippen LogP contribution in [0.3, 0.4) is 0 Å². The smallest absolute Gasteiger partial charge is 0.484 e. The molecule has 1 N–H and O–H groups in total. The molecule has 0 unspecified atom stereocenters. The van der Waals surface area contributed by atoms with Crippen LogP contribution in [0.5, 0.6) is 11.5 Å². The topological polar surface area (TPSA) is 78.3 Å². The van der Waals surface area contributed by atoms with Gasteiger partial charge in [-0.2, -0.15) is 0 Å². The Kier molecular flexibility index (Phi) is 7.75. The minimum atomic E-state index is -4.78. The normalized spacial score (nSPS) is 11.3. The third-order valence-electron chi connectivity index (χ3n) is 3.88. The molecule has 0 aliphatic rings. The maximum Gasteiger partial charge on any atom is 0.573 e. The van der Waals surface area contributed by atoms with E-state index in [1.165, 1.54) is 12.1 Å². The Morgan fingerprint density at radius 3 is 2.53 bits per heavy atom. The van der Waals surface area contributed by atoms with E-state index in [1.807, 2.05) is 0 Å². The molecule has 3 rings (SSSR count). The van der Waals surface area contributed by atoms with E-state index in [0.29, 0.717) is 32.5 Å². The Bertz CT molecular complexity index is 1090. The summed E-state index contributed by atoms with van der Waals surface area (Å²) in [6.07, 6.45) is -4.78. The molecule has 1 amide bonds. The zero-order valence-corrected chi connectivity index (χ0v) is 18.6. The van der Waals surface area contributed by atoms with Crippen molar-refractivity contribution < 1.29 is 27.4 Å². The van der Waals surface area contributed by atoms with Gasteiger partial charge in [0.05, 0.1) is 10.8 Å². The highest BCUT2D eigenvalue weighted by molar-refractivity contribution is 7.99. The van der Waals surface area contributed by atoms with Crippen LogP contribution >= 0.6 is 35.0 Å². The van der Waals surface area contributed by atoms with Crippen LogP contribution in [0.25, 0.3) is 0 Å². The van der Waals surface area contributed by atoms with Gasteiger partial charge >= 0.3 is 6.36 Å². The number of thioether (sulfide) groups is 1. The molecule has 1 heterocycles. The highest BCUT2D eigenvalue weighted by Gasteiger charge is 2.31. The first-order chi connectivity index (χ1) is 15.1. The van der Waals surface area contributed by atoms with Gasteiger partial charge in [-0.25, -0.2) is 0 Å². The number of hydrogen-bond acceptors (Lipinski definition) is 6. The summed E-state index contributed by atoms with van der Waals surface area (Å²) < 4.78 is 47.7. The average molecular weight is 507 g/mol. The molecule has 13 heteroatoms. The summed E-state index contributed by atoms with van der Waals surface area (Å²) in [4.78, 5) is 12.1. The molecular formula is C19H15Cl2F3N4O3S. The Labute approximate surface area is 194 Å². The number of halogens is 5. The van der Waals surface area contributed by atoms with Gasteiger partial charge in [0.25, 0.3) is 0 Å². The third-order valence-corrected chi connectivity index (χ3v) is 5.43. The second-order valence-corrected chi connectivity index (χ2v) is 8.02. The van der Waals surface area contributed by atoms with E-state index in [9.17, 15) is 18.0 Å². The number of nitrogens with zero attached hydrogens (tertiary/aromatic N) is 3. The molecule has 0 aliphatic heterocycles. The van der Waals surface area contributed by atoms with Crippen LogP contribution in [0.4, 0.5) is 18.9 Å². The molecule has 0 fully saturated rings. The molecule has 0 radical (unpaired) electrons. The molecule has 7 nitrogen and oxygen atoms in total. The van der Waals surface area contributed by atoms with Crippen LogP contribution in [-0.4, -0.2) is 32.8 Å². The maximum absolute atomic E-state index is 12.2. The Hall–Kier alpha value is -2.63. The van der Waals surface area contributed by atoms with Crippen LogP contribution in [0, 0.1) is 0 Å². The van der Waals surface area contributed by atoms with E-state index in [1.54, 1.807) is 29.8 Å². The van der Waals surface area contributed by atoms with Gasteiger partial charge in [-0.1, -0.05) is 35.0 Å². The fourth-order valence-electron chi connectivity index (χ4n) is 2.40. The summed E-state index contributed by atoms with van der Waals surface area (Å²) in [7, 11) is 1.72. The monoisotopic (exact) mass is 506 g/mol. The fourth-order valence-corrected chi connectivity index (χ4v) is 3.59. The Morgan fingerprint density at radius 2 is 1.88 bits per heavy atom. The van der Waals surface area contributed by atoms with E-state index in [0.717, 1.165) is 23.9 Å². The molecule has 0 saturated heterocycles. The number of alkyl halides is 3. The van der Waals surface area contributed by atoms with Crippen LogP contribution in [0.2, 0.25) is 10.0 Å². The summed E-state index contributed by atoms with van der Waals surface area (Å²) in [5.41, 5.74) is 0.331. The molecule has 0 spiro atoms. The third kappa shape index (κ3) is 6.94. The number of hydrogen-bond donors (Lipinski definition) is 1. The number of benzene rings is 2. The summed E-state index contributed by atoms with van der Waals surface area (Å²) in [6.45, 7) is 0.101. The number of amides is 1. The van der Waals surface area contributed by atoms with Crippen molar-refractivity contribution in [1.82, 2.24) is 14.8 Å². The largest absolute Gasteiger partial charge is 0.573 e. The lowest BCUT2D eigenvalue weighted by atomic mass is 10.3. The first-order valence-electron chi connectivity index (χ1n) is 8.85. The van der Waals surface area contributed by atoms with Crippen LogP contribution in [0.15, 0.2) is 47.6 Å². The van der Waals surface area contributed by atoms with Gasteiger partial charge in [0, 0.05) is 17.8 Å². The van der Waals surface area contributed by atoms with Crippen molar-refractivity contribution in [2.75, 3.05) is 11.1 Å². The van der Waals surface area contributed by atoms with Gasteiger partial charge in [-0.05, 0) is 42.5 Å². The van der Waals surface area contributed by atoms with Crippen molar-refractivity contribution in [1.29, 1.82) is 0 Å². The van der Waals surface area contributed by atoms with Crippen molar-refractivity contribution in [2.24, 2.45) is 7.05 Å². The molecule has 0 saturated carbocycles. The van der Waals surface area contributed by atoms with E-state index in [4.69, 9.17) is 27.9 Å². The predicted molar refractivity (Wildman–Crippen MR) is 114 cm³/mol. The molecule has 0 bridgehead atoms. The van der Waals surface area contributed by atoms with Crippen LogP contribution in [-0.2, 0) is 18.4 Å². The highest BCUT2D eigenvalue weighted by atomic mass is 35.5. The van der Waals surface area contributed by atoms with Gasteiger partial charge in [0.2, 0.25) is 5.91 Å². The van der Waals surface area contributed by atoms with Crippen molar-refractivity contribution in [3.63, 3.8) is 0 Å². The lowest BCUT2D eigenvalue weighted by molar-refractivity contribution is -0.274. The number of ether oxygens (including phenoxy) is 2. The minimum absolute atomic E-state index is 0.0106. The molecule has 0 atom stereocenters. The number of carbonyl (C=O) groups is 1. The van der Waals surface area contributed by atoms with E-state index in [2.05, 4.69) is 20.3 Å².